The highest BCUT2D eigenvalue weighted by atomic mass is 32.1. The van der Waals surface area contributed by atoms with Crippen LogP contribution in [0.25, 0.3) is 10.8 Å². The van der Waals surface area contributed by atoms with Crippen molar-refractivity contribution >= 4 is 11.3 Å². The summed E-state index contributed by atoms with van der Waals surface area (Å²) in [5.41, 5.74) is -0.535. The first-order chi connectivity index (χ1) is 7.71. The van der Waals surface area contributed by atoms with Gasteiger partial charge in [-0.1, -0.05) is 0 Å². The Kier molecular flexibility index (Phi) is 2.12. The maximum atomic E-state index is 10.1. The molecule has 1 fully saturated rings. The fourth-order valence-electron chi connectivity index (χ4n) is 1.93. The molecule has 1 aliphatic rings. The third kappa shape index (κ3) is 1.47. The zero-order valence-corrected chi connectivity index (χ0v) is 9.81. The lowest BCUT2D eigenvalue weighted by molar-refractivity contribution is 0.0962. The first-order valence-electron chi connectivity index (χ1n) is 5.36. The predicted molar refractivity (Wildman–Crippen MR) is 62.2 cm³/mol. The molecule has 0 bridgehead atoms. The zero-order valence-electron chi connectivity index (χ0n) is 9.00. The maximum Gasteiger partial charge on any atom is 0.169 e. The normalized spacial score (nSPS) is 19.6. The fraction of sp³-hybridized carbons (Fsp3) is 0.455. The van der Waals surface area contributed by atoms with Crippen LogP contribution in [0.3, 0.4) is 0 Å². The van der Waals surface area contributed by atoms with Gasteiger partial charge in [-0.15, -0.1) is 11.3 Å². The van der Waals surface area contributed by atoms with Gasteiger partial charge in [0.05, 0.1) is 11.6 Å². The van der Waals surface area contributed by atoms with Gasteiger partial charge in [-0.25, -0.2) is 9.97 Å². The molecular weight excluding hydrogens is 222 g/mol. The maximum absolute atomic E-state index is 10.1. The number of nitrogens with zero attached hydrogens (tertiary/aromatic N) is 3. The molecule has 84 valence electrons. The highest BCUT2D eigenvalue weighted by Gasteiger charge is 2.46. The molecule has 5 heteroatoms. The van der Waals surface area contributed by atoms with Gasteiger partial charge >= 0.3 is 0 Å². The number of aromatic nitrogens is 3. The highest BCUT2D eigenvalue weighted by Crippen LogP contribution is 2.45. The van der Waals surface area contributed by atoms with Gasteiger partial charge in [-0.3, -0.25) is 0 Å². The van der Waals surface area contributed by atoms with E-state index in [4.69, 9.17) is 0 Å². The topological polar surface area (TPSA) is 50.9 Å². The van der Waals surface area contributed by atoms with E-state index in [0.717, 1.165) is 23.7 Å². The Morgan fingerprint density at radius 1 is 1.44 bits per heavy atom. The summed E-state index contributed by atoms with van der Waals surface area (Å²) in [4.78, 5) is 8.58. The van der Waals surface area contributed by atoms with E-state index in [-0.39, 0.29) is 6.04 Å². The summed E-state index contributed by atoms with van der Waals surface area (Å²) in [5, 5.41) is 13.0. The molecule has 3 rings (SSSR count). The van der Waals surface area contributed by atoms with Crippen molar-refractivity contribution < 1.29 is 5.11 Å². The van der Waals surface area contributed by atoms with Gasteiger partial charge in [0, 0.05) is 24.0 Å². The lowest BCUT2D eigenvalue weighted by atomic mass is 10.1. The number of hydrogen-bond acceptors (Lipinski definition) is 4. The smallest absolute Gasteiger partial charge is 0.169 e. The summed E-state index contributed by atoms with van der Waals surface area (Å²) in [7, 11) is 0. The number of rotatable bonds is 3. The van der Waals surface area contributed by atoms with Crippen LogP contribution in [-0.2, 0) is 0 Å². The highest BCUT2D eigenvalue weighted by molar-refractivity contribution is 7.13. The van der Waals surface area contributed by atoms with Gasteiger partial charge in [0.1, 0.15) is 0 Å². The molecule has 0 aromatic carbocycles. The van der Waals surface area contributed by atoms with Crippen molar-refractivity contribution in [3.63, 3.8) is 0 Å². The molecule has 1 N–H and O–H groups in total. The molecule has 0 saturated heterocycles. The van der Waals surface area contributed by atoms with E-state index in [9.17, 15) is 5.11 Å². The second kappa shape index (κ2) is 3.40. The molecule has 1 saturated carbocycles. The molecule has 0 amide bonds. The quantitative estimate of drug-likeness (QED) is 0.886. The van der Waals surface area contributed by atoms with Crippen LogP contribution >= 0.6 is 11.3 Å². The zero-order chi connectivity index (χ0) is 11.2. The summed E-state index contributed by atoms with van der Waals surface area (Å²) < 4.78 is 2.02. The molecule has 2 aromatic rings. The molecular formula is C11H13N3OS. The molecule has 4 nitrogen and oxygen atoms in total. The molecule has 1 atom stereocenters. The van der Waals surface area contributed by atoms with E-state index in [2.05, 4.69) is 9.97 Å². The van der Waals surface area contributed by atoms with E-state index < -0.39 is 5.60 Å². The van der Waals surface area contributed by atoms with Gasteiger partial charge in [0.25, 0.3) is 0 Å². The number of thiazole rings is 1. The van der Waals surface area contributed by atoms with Gasteiger partial charge in [-0.05, 0) is 19.8 Å². The largest absolute Gasteiger partial charge is 0.388 e. The number of imidazole rings is 1. The van der Waals surface area contributed by atoms with Crippen LogP contribution in [-0.4, -0.2) is 25.2 Å². The molecule has 2 aromatic heterocycles. The third-order valence-corrected chi connectivity index (χ3v) is 4.02. The van der Waals surface area contributed by atoms with Crippen molar-refractivity contribution in [3.8, 4) is 10.8 Å². The Morgan fingerprint density at radius 3 is 2.88 bits per heavy atom. The van der Waals surface area contributed by atoms with Crippen LogP contribution in [0, 0.1) is 0 Å². The predicted octanol–water partition coefficient (Wildman–Crippen LogP) is 2.09. The molecule has 0 aliphatic heterocycles. The molecule has 0 radical (unpaired) electrons. The number of aliphatic hydroxyl groups is 1. The summed E-state index contributed by atoms with van der Waals surface area (Å²) in [6, 6.07) is 0.0638. The second-order valence-electron chi connectivity index (χ2n) is 4.27. The Labute approximate surface area is 97.6 Å². The lowest BCUT2D eigenvalue weighted by Crippen LogP contribution is -2.23. The average Bonchev–Trinajstić information content (AvgIpc) is 2.80. The fourth-order valence-corrected chi connectivity index (χ4v) is 2.57. The molecule has 2 heterocycles. The SMILES string of the molecule is CC(n1ccnc1-c1nccs1)C1(O)CC1. The van der Waals surface area contributed by atoms with Gasteiger partial charge in [-0.2, -0.15) is 0 Å². The molecule has 1 aliphatic carbocycles. The van der Waals surface area contributed by atoms with Crippen molar-refractivity contribution in [3.05, 3.63) is 24.0 Å². The monoisotopic (exact) mass is 235 g/mol. The summed E-state index contributed by atoms with van der Waals surface area (Å²) >= 11 is 1.57. The van der Waals surface area contributed by atoms with E-state index in [1.54, 1.807) is 23.7 Å². The van der Waals surface area contributed by atoms with E-state index in [1.165, 1.54) is 0 Å². The summed E-state index contributed by atoms with van der Waals surface area (Å²) in [5.74, 6) is 0.850. The summed E-state index contributed by atoms with van der Waals surface area (Å²) in [6.07, 6.45) is 7.21. The standard InChI is InChI=1S/C11H13N3OS/c1-8(11(15)2-3-11)14-6-4-12-9(14)10-13-5-7-16-10/h4-8,15H,2-3H2,1H3. The van der Waals surface area contributed by atoms with Gasteiger partial charge < -0.3 is 9.67 Å². The van der Waals surface area contributed by atoms with Crippen molar-refractivity contribution in [2.45, 2.75) is 31.4 Å². The third-order valence-electron chi connectivity index (χ3n) is 3.25. The molecule has 0 spiro atoms. The second-order valence-corrected chi connectivity index (χ2v) is 5.17. The van der Waals surface area contributed by atoms with Crippen molar-refractivity contribution in [2.24, 2.45) is 0 Å². The Balaban J connectivity index is 1.99. The van der Waals surface area contributed by atoms with Crippen LogP contribution < -0.4 is 0 Å². The lowest BCUT2D eigenvalue weighted by Gasteiger charge is -2.20. The van der Waals surface area contributed by atoms with Gasteiger partial charge in [0.15, 0.2) is 10.8 Å². The summed E-state index contributed by atoms with van der Waals surface area (Å²) in [6.45, 7) is 2.03. The van der Waals surface area contributed by atoms with Crippen molar-refractivity contribution in [1.29, 1.82) is 0 Å². The molecule has 16 heavy (non-hydrogen) atoms. The Hall–Kier alpha value is -1.20. The van der Waals surface area contributed by atoms with Crippen molar-refractivity contribution in [1.82, 2.24) is 14.5 Å². The van der Waals surface area contributed by atoms with E-state index in [0.29, 0.717) is 0 Å². The Bertz CT molecular complexity index is 487. The molecule has 1 unspecified atom stereocenters. The van der Waals surface area contributed by atoms with Crippen LogP contribution in [0.4, 0.5) is 0 Å². The minimum Gasteiger partial charge on any atom is -0.388 e. The minimum absolute atomic E-state index is 0.0638. The number of hydrogen-bond donors (Lipinski definition) is 1. The minimum atomic E-state index is -0.535. The van der Waals surface area contributed by atoms with Crippen LogP contribution in [0.15, 0.2) is 24.0 Å². The van der Waals surface area contributed by atoms with E-state index >= 15 is 0 Å². The van der Waals surface area contributed by atoms with Crippen LogP contribution in [0.5, 0.6) is 0 Å². The average molecular weight is 235 g/mol. The Morgan fingerprint density at radius 2 is 2.25 bits per heavy atom. The van der Waals surface area contributed by atoms with Crippen LogP contribution in [0.1, 0.15) is 25.8 Å². The van der Waals surface area contributed by atoms with Gasteiger partial charge in [0.2, 0.25) is 0 Å². The first-order valence-corrected chi connectivity index (χ1v) is 6.24. The first kappa shape index (κ1) is 9.99. The van der Waals surface area contributed by atoms with Crippen molar-refractivity contribution in [2.75, 3.05) is 0 Å². The van der Waals surface area contributed by atoms with Crippen LogP contribution in [0.2, 0.25) is 0 Å². The van der Waals surface area contributed by atoms with E-state index in [1.807, 2.05) is 23.1 Å².